The fourth-order valence-corrected chi connectivity index (χ4v) is 2.75. The average molecular weight is 277 g/mol. The van der Waals surface area contributed by atoms with Gasteiger partial charge in [-0.3, -0.25) is 4.79 Å². The van der Waals surface area contributed by atoms with E-state index >= 15 is 0 Å². The van der Waals surface area contributed by atoms with E-state index in [0.29, 0.717) is 6.54 Å². The summed E-state index contributed by atoms with van der Waals surface area (Å²) >= 11 is 0. The molecule has 0 aromatic heterocycles. The van der Waals surface area contributed by atoms with Crippen LogP contribution in [0.4, 0.5) is 0 Å². The molecule has 0 radical (unpaired) electrons. The third-order valence-corrected chi connectivity index (χ3v) is 3.89. The van der Waals surface area contributed by atoms with Crippen LogP contribution in [0.3, 0.4) is 0 Å². The van der Waals surface area contributed by atoms with Gasteiger partial charge in [0.25, 0.3) is 0 Å². The van der Waals surface area contributed by atoms with E-state index in [1.165, 1.54) is 0 Å². The fraction of sp³-hybridized carbons (Fsp3) is 0.562. The first-order valence-corrected chi connectivity index (χ1v) is 7.23. The van der Waals surface area contributed by atoms with Crippen LogP contribution in [-0.4, -0.2) is 30.3 Å². The smallest absolute Gasteiger partial charge is 0.222 e. The highest BCUT2D eigenvalue weighted by atomic mass is 16.5. The van der Waals surface area contributed by atoms with Crippen LogP contribution in [0.15, 0.2) is 24.3 Å². The first-order chi connectivity index (χ1) is 9.61. The van der Waals surface area contributed by atoms with Gasteiger partial charge in [0.15, 0.2) is 0 Å². The second kappa shape index (κ2) is 6.75. The predicted molar refractivity (Wildman–Crippen MR) is 77.7 cm³/mol. The van der Waals surface area contributed by atoms with E-state index in [2.05, 4.69) is 5.32 Å². The Morgan fingerprint density at radius 3 is 2.85 bits per heavy atom. The Morgan fingerprint density at radius 1 is 1.40 bits per heavy atom. The lowest BCUT2D eigenvalue weighted by Gasteiger charge is -2.21. The van der Waals surface area contributed by atoms with Crippen molar-refractivity contribution < 1.29 is 14.6 Å². The number of methoxy groups -OCH3 is 1. The van der Waals surface area contributed by atoms with Crippen molar-refractivity contribution in [1.82, 2.24) is 5.32 Å². The maximum absolute atomic E-state index is 11.8. The number of rotatable bonds is 6. The maximum atomic E-state index is 11.8. The molecule has 0 bridgehead atoms. The molecular formula is C16H23NO3. The molecule has 1 aromatic carbocycles. The minimum atomic E-state index is -0.764. The Kier molecular flexibility index (Phi) is 5.01. The van der Waals surface area contributed by atoms with Gasteiger partial charge in [-0.25, -0.2) is 0 Å². The topological polar surface area (TPSA) is 58.6 Å². The number of amides is 1. The molecule has 1 aromatic rings. The number of benzene rings is 1. The van der Waals surface area contributed by atoms with Gasteiger partial charge < -0.3 is 15.2 Å². The van der Waals surface area contributed by atoms with E-state index in [0.717, 1.165) is 43.4 Å². The summed E-state index contributed by atoms with van der Waals surface area (Å²) in [4.78, 5) is 11.8. The molecule has 1 amide bonds. The molecule has 1 aliphatic carbocycles. The van der Waals surface area contributed by atoms with Crippen LogP contribution in [0.25, 0.3) is 0 Å². The van der Waals surface area contributed by atoms with E-state index < -0.39 is 5.60 Å². The van der Waals surface area contributed by atoms with Gasteiger partial charge in [0, 0.05) is 6.54 Å². The Bertz CT molecular complexity index is 453. The maximum Gasteiger partial charge on any atom is 0.222 e. The zero-order valence-electron chi connectivity index (χ0n) is 12.0. The van der Waals surface area contributed by atoms with Gasteiger partial charge in [0.1, 0.15) is 5.75 Å². The lowest BCUT2D eigenvalue weighted by Crippen LogP contribution is -2.35. The highest BCUT2D eigenvalue weighted by Gasteiger charge is 2.33. The lowest BCUT2D eigenvalue weighted by atomic mass is 9.97. The zero-order chi connectivity index (χ0) is 14.4. The van der Waals surface area contributed by atoms with Crippen molar-refractivity contribution in [3.8, 4) is 5.75 Å². The van der Waals surface area contributed by atoms with E-state index in [1.807, 2.05) is 24.3 Å². The van der Waals surface area contributed by atoms with E-state index in [1.54, 1.807) is 7.11 Å². The molecule has 110 valence electrons. The highest BCUT2D eigenvalue weighted by Crippen LogP contribution is 2.32. The number of ether oxygens (including phenoxy) is 1. The molecule has 2 N–H and O–H groups in total. The van der Waals surface area contributed by atoms with Crippen LogP contribution in [0.5, 0.6) is 5.75 Å². The van der Waals surface area contributed by atoms with Crippen molar-refractivity contribution in [2.45, 2.75) is 44.1 Å². The van der Waals surface area contributed by atoms with Crippen LogP contribution >= 0.6 is 0 Å². The fourth-order valence-electron chi connectivity index (χ4n) is 2.75. The average Bonchev–Trinajstić information content (AvgIpc) is 2.85. The first kappa shape index (κ1) is 14.9. The van der Waals surface area contributed by atoms with Gasteiger partial charge in [0.05, 0.1) is 19.1 Å². The molecule has 1 fully saturated rings. The Morgan fingerprint density at radius 2 is 2.15 bits per heavy atom. The normalized spacial score (nSPS) is 16.9. The van der Waals surface area contributed by atoms with Crippen LogP contribution in [0.2, 0.25) is 0 Å². The third-order valence-electron chi connectivity index (χ3n) is 3.89. The molecule has 2 rings (SSSR count). The lowest BCUT2D eigenvalue weighted by molar-refractivity contribution is -0.125. The molecule has 1 aliphatic rings. The molecule has 0 unspecified atom stereocenters. The van der Waals surface area contributed by atoms with Crippen LogP contribution in [-0.2, 0) is 11.2 Å². The Labute approximate surface area is 120 Å². The quantitative estimate of drug-likeness (QED) is 0.836. The SMILES string of the molecule is COc1cccc(CCNC(=O)CC2(O)CCCC2)c1. The highest BCUT2D eigenvalue weighted by molar-refractivity contribution is 5.77. The summed E-state index contributed by atoms with van der Waals surface area (Å²) in [6.45, 7) is 0.585. The molecule has 20 heavy (non-hydrogen) atoms. The number of carbonyl (C=O) groups is 1. The molecule has 0 spiro atoms. The van der Waals surface area contributed by atoms with Crippen molar-refractivity contribution in [3.05, 3.63) is 29.8 Å². The number of carbonyl (C=O) groups excluding carboxylic acids is 1. The van der Waals surface area contributed by atoms with Crippen molar-refractivity contribution in [2.24, 2.45) is 0 Å². The molecule has 0 aliphatic heterocycles. The molecule has 1 saturated carbocycles. The summed E-state index contributed by atoms with van der Waals surface area (Å²) < 4.78 is 5.16. The Hall–Kier alpha value is -1.55. The van der Waals surface area contributed by atoms with Gasteiger partial charge in [-0.05, 0) is 37.0 Å². The van der Waals surface area contributed by atoms with Crippen molar-refractivity contribution in [3.63, 3.8) is 0 Å². The second-order valence-electron chi connectivity index (χ2n) is 5.56. The van der Waals surface area contributed by atoms with Crippen LogP contribution in [0.1, 0.15) is 37.7 Å². The van der Waals surface area contributed by atoms with Crippen LogP contribution < -0.4 is 10.1 Å². The molecule has 4 nitrogen and oxygen atoms in total. The van der Waals surface area contributed by atoms with Crippen LogP contribution in [0, 0.1) is 0 Å². The largest absolute Gasteiger partial charge is 0.497 e. The van der Waals surface area contributed by atoms with Crippen molar-refractivity contribution >= 4 is 5.91 Å². The molecular weight excluding hydrogens is 254 g/mol. The molecule has 0 heterocycles. The number of aliphatic hydroxyl groups is 1. The monoisotopic (exact) mass is 277 g/mol. The van der Waals surface area contributed by atoms with Crippen molar-refractivity contribution in [1.29, 1.82) is 0 Å². The molecule has 4 heteroatoms. The first-order valence-electron chi connectivity index (χ1n) is 7.23. The standard InChI is InChI=1S/C16H23NO3/c1-20-14-6-4-5-13(11-14)7-10-17-15(18)12-16(19)8-2-3-9-16/h4-6,11,19H,2-3,7-10,12H2,1H3,(H,17,18). The summed E-state index contributed by atoms with van der Waals surface area (Å²) in [5, 5.41) is 13.0. The van der Waals surface area contributed by atoms with E-state index in [-0.39, 0.29) is 12.3 Å². The second-order valence-corrected chi connectivity index (χ2v) is 5.56. The van der Waals surface area contributed by atoms with Crippen molar-refractivity contribution in [2.75, 3.05) is 13.7 Å². The van der Waals surface area contributed by atoms with Gasteiger partial charge in [0.2, 0.25) is 5.91 Å². The number of hydrogen-bond acceptors (Lipinski definition) is 3. The minimum Gasteiger partial charge on any atom is -0.497 e. The summed E-state index contributed by atoms with van der Waals surface area (Å²) in [6, 6.07) is 7.82. The molecule has 0 saturated heterocycles. The Balaban J connectivity index is 1.73. The van der Waals surface area contributed by atoms with Gasteiger partial charge in [-0.15, -0.1) is 0 Å². The number of hydrogen-bond donors (Lipinski definition) is 2. The van der Waals surface area contributed by atoms with Gasteiger partial charge in [-0.2, -0.15) is 0 Å². The van der Waals surface area contributed by atoms with Gasteiger partial charge in [-0.1, -0.05) is 25.0 Å². The van der Waals surface area contributed by atoms with Gasteiger partial charge >= 0.3 is 0 Å². The molecule has 0 atom stereocenters. The predicted octanol–water partition coefficient (Wildman–Crippen LogP) is 2.05. The third kappa shape index (κ3) is 4.23. The summed E-state index contributed by atoms with van der Waals surface area (Å²) in [7, 11) is 1.64. The minimum absolute atomic E-state index is 0.0581. The van der Waals surface area contributed by atoms with E-state index in [4.69, 9.17) is 4.74 Å². The van der Waals surface area contributed by atoms with E-state index in [9.17, 15) is 9.90 Å². The summed E-state index contributed by atoms with van der Waals surface area (Å²) in [5.41, 5.74) is 0.365. The zero-order valence-corrected chi connectivity index (χ0v) is 12.0. The summed E-state index contributed by atoms with van der Waals surface area (Å²) in [5.74, 6) is 0.770. The number of nitrogens with one attached hydrogen (secondary N) is 1. The summed E-state index contributed by atoms with van der Waals surface area (Å²) in [6.07, 6.45) is 4.53.